The van der Waals surface area contributed by atoms with Crippen molar-refractivity contribution in [2.24, 2.45) is 4.99 Å². The Morgan fingerprint density at radius 2 is 2.08 bits per heavy atom. The molecule has 0 aliphatic carbocycles. The molecule has 1 saturated heterocycles. The summed E-state index contributed by atoms with van der Waals surface area (Å²) in [5, 5.41) is 7.52. The number of thioether (sulfide) groups is 1. The summed E-state index contributed by atoms with van der Waals surface area (Å²) in [6, 6.07) is 4.22. The number of hydrogen-bond acceptors (Lipinski definition) is 4. The maximum atomic E-state index is 4.69. The van der Waals surface area contributed by atoms with Gasteiger partial charge in [0.1, 0.15) is 5.82 Å². The second-order valence-corrected chi connectivity index (χ2v) is 7.32. The molecule has 1 aromatic rings. The molecule has 1 unspecified atom stereocenters. The number of nitrogens with one attached hydrogen (secondary N) is 2. The monoisotopic (exact) mass is 477 g/mol. The molecule has 0 bridgehead atoms. The molecular formula is C18H32IN5S. The largest absolute Gasteiger partial charge is 0.357 e. The molecule has 0 saturated carbocycles. The fourth-order valence-corrected chi connectivity index (χ4v) is 3.97. The number of hydrogen-bond donors (Lipinski definition) is 2. The highest BCUT2D eigenvalue weighted by Gasteiger charge is 2.15. The van der Waals surface area contributed by atoms with Crippen LogP contribution in [-0.2, 0) is 6.54 Å². The first-order chi connectivity index (χ1) is 11.8. The van der Waals surface area contributed by atoms with E-state index in [4.69, 9.17) is 4.99 Å². The maximum absolute atomic E-state index is 4.69. The van der Waals surface area contributed by atoms with Crippen LogP contribution in [0, 0.1) is 0 Å². The van der Waals surface area contributed by atoms with Crippen molar-refractivity contribution < 1.29 is 0 Å². The molecule has 0 aromatic carbocycles. The van der Waals surface area contributed by atoms with Crippen LogP contribution in [-0.4, -0.2) is 48.1 Å². The number of pyridine rings is 1. The van der Waals surface area contributed by atoms with Gasteiger partial charge in [0.15, 0.2) is 5.96 Å². The van der Waals surface area contributed by atoms with Crippen LogP contribution in [0.3, 0.4) is 0 Å². The molecule has 0 amide bonds. The quantitative estimate of drug-likeness (QED) is 0.341. The molecule has 2 heterocycles. The predicted molar refractivity (Wildman–Crippen MR) is 122 cm³/mol. The standard InChI is InChI=1S/C18H31N5S.HI/c1-4-19-18(22-14-16-8-7-11-24-16)21-13-15-9-10-17(20-12-15)23(5-2)6-3;/h9-10,12,16H,4-8,11,13-14H2,1-3H3,(H2,19,21,22);1H. The van der Waals surface area contributed by atoms with Gasteiger partial charge in [-0.3, -0.25) is 0 Å². The van der Waals surface area contributed by atoms with Gasteiger partial charge in [-0.25, -0.2) is 9.98 Å². The van der Waals surface area contributed by atoms with E-state index in [1.54, 1.807) is 0 Å². The van der Waals surface area contributed by atoms with E-state index < -0.39 is 0 Å². The van der Waals surface area contributed by atoms with Crippen molar-refractivity contribution in [3.8, 4) is 0 Å². The second kappa shape index (κ2) is 12.6. The Kier molecular flexibility index (Phi) is 11.3. The number of nitrogens with zero attached hydrogens (tertiary/aromatic N) is 3. The topological polar surface area (TPSA) is 52.6 Å². The van der Waals surface area contributed by atoms with Gasteiger partial charge in [0.2, 0.25) is 0 Å². The summed E-state index contributed by atoms with van der Waals surface area (Å²) in [4.78, 5) is 11.5. The number of anilines is 1. The Labute approximate surface area is 173 Å². The molecule has 0 radical (unpaired) electrons. The van der Waals surface area contributed by atoms with Crippen LogP contribution < -0.4 is 15.5 Å². The highest BCUT2D eigenvalue weighted by atomic mass is 127. The van der Waals surface area contributed by atoms with Crippen molar-refractivity contribution in [3.63, 3.8) is 0 Å². The molecule has 1 aliphatic heterocycles. The van der Waals surface area contributed by atoms with Crippen LogP contribution in [0.25, 0.3) is 0 Å². The van der Waals surface area contributed by atoms with Gasteiger partial charge in [0, 0.05) is 37.6 Å². The van der Waals surface area contributed by atoms with E-state index >= 15 is 0 Å². The van der Waals surface area contributed by atoms with Crippen LogP contribution in [0.2, 0.25) is 0 Å². The van der Waals surface area contributed by atoms with E-state index in [0.29, 0.717) is 6.54 Å². The summed E-state index contributed by atoms with van der Waals surface area (Å²) in [6.07, 6.45) is 4.59. The van der Waals surface area contributed by atoms with Gasteiger partial charge in [-0.2, -0.15) is 11.8 Å². The van der Waals surface area contributed by atoms with Gasteiger partial charge in [0.25, 0.3) is 0 Å². The number of aromatic nitrogens is 1. The zero-order chi connectivity index (χ0) is 17.2. The van der Waals surface area contributed by atoms with E-state index in [9.17, 15) is 0 Å². The van der Waals surface area contributed by atoms with Crippen LogP contribution in [0.5, 0.6) is 0 Å². The average molecular weight is 477 g/mol. The van der Waals surface area contributed by atoms with Gasteiger partial charge in [-0.1, -0.05) is 6.07 Å². The normalized spacial score (nSPS) is 17.1. The molecular weight excluding hydrogens is 445 g/mol. The minimum Gasteiger partial charge on any atom is -0.357 e. The first-order valence-electron chi connectivity index (χ1n) is 9.10. The second-order valence-electron chi connectivity index (χ2n) is 5.91. The van der Waals surface area contributed by atoms with Crippen molar-refractivity contribution in [2.45, 2.75) is 45.4 Å². The van der Waals surface area contributed by atoms with Gasteiger partial charge >= 0.3 is 0 Å². The van der Waals surface area contributed by atoms with Crippen molar-refractivity contribution >= 4 is 47.5 Å². The van der Waals surface area contributed by atoms with Crippen molar-refractivity contribution in [3.05, 3.63) is 23.9 Å². The Morgan fingerprint density at radius 1 is 1.28 bits per heavy atom. The zero-order valence-electron chi connectivity index (χ0n) is 15.6. The lowest BCUT2D eigenvalue weighted by atomic mass is 10.2. The maximum Gasteiger partial charge on any atom is 0.191 e. The van der Waals surface area contributed by atoms with E-state index in [0.717, 1.165) is 48.8 Å². The van der Waals surface area contributed by atoms with Gasteiger partial charge in [0.05, 0.1) is 6.54 Å². The molecule has 1 atom stereocenters. The fraction of sp³-hybridized carbons (Fsp3) is 0.667. The molecule has 0 spiro atoms. The van der Waals surface area contributed by atoms with Crippen LogP contribution in [0.15, 0.2) is 23.3 Å². The van der Waals surface area contributed by atoms with Crippen molar-refractivity contribution in [1.82, 2.24) is 15.6 Å². The predicted octanol–water partition coefficient (Wildman–Crippen LogP) is 3.50. The first-order valence-corrected chi connectivity index (χ1v) is 10.1. The molecule has 2 N–H and O–H groups in total. The Hall–Kier alpha value is -0.700. The molecule has 1 aliphatic rings. The molecule has 1 aromatic heterocycles. The SMILES string of the molecule is CCNC(=NCc1ccc(N(CC)CC)nc1)NCC1CCCS1.I. The summed E-state index contributed by atoms with van der Waals surface area (Å²) in [5.74, 6) is 3.23. The van der Waals surface area contributed by atoms with E-state index in [2.05, 4.69) is 65.2 Å². The van der Waals surface area contributed by atoms with Crippen LogP contribution in [0.1, 0.15) is 39.2 Å². The molecule has 142 valence electrons. The van der Waals surface area contributed by atoms with Gasteiger partial charge < -0.3 is 15.5 Å². The minimum atomic E-state index is 0. The van der Waals surface area contributed by atoms with Crippen LogP contribution >= 0.6 is 35.7 Å². The summed E-state index contributed by atoms with van der Waals surface area (Å²) < 4.78 is 0. The minimum absolute atomic E-state index is 0. The summed E-state index contributed by atoms with van der Waals surface area (Å²) >= 11 is 2.07. The third kappa shape index (κ3) is 7.60. The average Bonchev–Trinajstić information content (AvgIpc) is 3.13. The Bertz CT molecular complexity index is 499. The highest BCUT2D eigenvalue weighted by molar-refractivity contribution is 14.0. The zero-order valence-corrected chi connectivity index (χ0v) is 18.8. The third-order valence-electron chi connectivity index (χ3n) is 4.18. The smallest absolute Gasteiger partial charge is 0.191 e. The van der Waals surface area contributed by atoms with Gasteiger partial charge in [-0.15, -0.1) is 24.0 Å². The summed E-state index contributed by atoms with van der Waals surface area (Å²) in [6.45, 7) is 10.9. The van der Waals surface area contributed by atoms with Crippen molar-refractivity contribution in [2.75, 3.05) is 36.8 Å². The van der Waals surface area contributed by atoms with E-state index in [-0.39, 0.29) is 24.0 Å². The lowest BCUT2D eigenvalue weighted by Crippen LogP contribution is -2.40. The third-order valence-corrected chi connectivity index (χ3v) is 5.58. The number of guanidine groups is 1. The summed E-state index contributed by atoms with van der Waals surface area (Å²) in [7, 11) is 0. The Morgan fingerprint density at radius 3 is 2.64 bits per heavy atom. The number of aliphatic imine (C=N–C) groups is 1. The number of rotatable bonds is 8. The molecule has 1 fully saturated rings. The molecule has 2 rings (SSSR count). The molecule has 25 heavy (non-hydrogen) atoms. The molecule has 5 nitrogen and oxygen atoms in total. The van der Waals surface area contributed by atoms with Crippen LogP contribution in [0.4, 0.5) is 5.82 Å². The van der Waals surface area contributed by atoms with Gasteiger partial charge in [-0.05, 0) is 51.0 Å². The number of halogens is 1. The highest BCUT2D eigenvalue weighted by Crippen LogP contribution is 2.25. The lowest BCUT2D eigenvalue weighted by Gasteiger charge is -2.19. The van der Waals surface area contributed by atoms with Crippen molar-refractivity contribution in [1.29, 1.82) is 0 Å². The Balaban J connectivity index is 0.00000312. The summed E-state index contributed by atoms with van der Waals surface area (Å²) in [5.41, 5.74) is 1.14. The van der Waals surface area contributed by atoms with E-state index in [1.165, 1.54) is 18.6 Å². The first kappa shape index (κ1) is 22.3. The molecule has 7 heteroatoms. The fourth-order valence-electron chi connectivity index (χ4n) is 2.77. The lowest BCUT2D eigenvalue weighted by molar-refractivity contribution is 0.727. The van der Waals surface area contributed by atoms with E-state index in [1.807, 2.05) is 6.20 Å².